The number of ketones is 1. The van der Waals surface area contributed by atoms with Crippen LogP contribution in [0.4, 0.5) is 0 Å². The second-order valence-electron chi connectivity index (χ2n) is 7.11. The first-order chi connectivity index (χ1) is 13.0. The Balaban J connectivity index is 2.80. The lowest BCUT2D eigenvalue weighted by atomic mass is 10.1. The van der Waals surface area contributed by atoms with Crippen molar-refractivity contribution in [3.05, 3.63) is 64.7 Å². The molecular formula is C20H20N2O5S. The Morgan fingerprint density at radius 2 is 1.61 bits per heavy atom. The van der Waals surface area contributed by atoms with Gasteiger partial charge < -0.3 is 10.3 Å². The van der Waals surface area contributed by atoms with Crippen molar-refractivity contribution in [1.82, 2.24) is 0 Å². The summed E-state index contributed by atoms with van der Waals surface area (Å²) in [6, 6.07) is 9.90. The van der Waals surface area contributed by atoms with Crippen LogP contribution in [0.25, 0.3) is 5.53 Å². The molecule has 0 heterocycles. The van der Waals surface area contributed by atoms with Gasteiger partial charge >= 0.3 is 12.2 Å². The van der Waals surface area contributed by atoms with Crippen molar-refractivity contribution >= 4 is 27.8 Å². The average molecular weight is 400 g/mol. The van der Waals surface area contributed by atoms with E-state index in [0.29, 0.717) is 6.21 Å². The molecule has 7 nitrogen and oxygen atoms in total. The van der Waals surface area contributed by atoms with Crippen LogP contribution in [0.5, 0.6) is 0 Å². The van der Waals surface area contributed by atoms with Crippen molar-refractivity contribution in [3.8, 4) is 0 Å². The van der Waals surface area contributed by atoms with Gasteiger partial charge in [-0.2, -0.15) is 4.79 Å². The Morgan fingerprint density at radius 1 is 1.04 bits per heavy atom. The van der Waals surface area contributed by atoms with Gasteiger partial charge in [0.05, 0.1) is 15.4 Å². The normalized spacial score (nSPS) is 11.4. The number of carbonyl (C=O) groups excluding carboxylic acids is 2. The highest BCUT2D eigenvalue weighted by Gasteiger charge is 2.32. The van der Waals surface area contributed by atoms with Crippen molar-refractivity contribution in [3.63, 3.8) is 0 Å². The van der Waals surface area contributed by atoms with Crippen molar-refractivity contribution in [1.29, 1.82) is 0 Å². The number of hydrogen-bond acceptors (Lipinski definition) is 5. The van der Waals surface area contributed by atoms with Gasteiger partial charge in [-0.05, 0) is 52.0 Å². The van der Waals surface area contributed by atoms with Crippen LogP contribution < -0.4 is 0 Å². The molecule has 28 heavy (non-hydrogen) atoms. The van der Waals surface area contributed by atoms with Crippen LogP contribution in [-0.2, 0) is 14.6 Å². The maximum atomic E-state index is 13.3. The third kappa shape index (κ3) is 4.60. The quantitative estimate of drug-likeness (QED) is 0.251. The van der Waals surface area contributed by atoms with Gasteiger partial charge in [-0.15, -0.1) is 0 Å². The molecule has 2 aromatic rings. The molecular weight excluding hydrogens is 380 g/mol. The largest absolute Gasteiger partial charge is 0.456 e. The van der Waals surface area contributed by atoms with E-state index in [0.717, 1.165) is 5.56 Å². The molecule has 0 unspecified atom stereocenters. The Morgan fingerprint density at radius 3 is 2.14 bits per heavy atom. The third-order valence-corrected chi connectivity index (χ3v) is 5.54. The zero-order valence-corrected chi connectivity index (χ0v) is 16.8. The van der Waals surface area contributed by atoms with E-state index in [1.807, 2.05) is 0 Å². The van der Waals surface area contributed by atoms with Gasteiger partial charge in [-0.3, -0.25) is 4.79 Å². The summed E-state index contributed by atoms with van der Waals surface area (Å²) in [5.74, 6) is -1.74. The lowest BCUT2D eigenvalue weighted by Gasteiger charge is -2.21. The van der Waals surface area contributed by atoms with E-state index in [4.69, 9.17) is 10.3 Å². The van der Waals surface area contributed by atoms with E-state index in [1.54, 1.807) is 39.8 Å². The number of benzene rings is 2. The molecule has 0 saturated heterocycles. The van der Waals surface area contributed by atoms with E-state index in [1.165, 1.54) is 30.3 Å². The highest BCUT2D eigenvalue weighted by Crippen LogP contribution is 2.29. The van der Waals surface area contributed by atoms with Gasteiger partial charge in [0.1, 0.15) is 5.60 Å². The Bertz CT molecular complexity index is 1070. The van der Waals surface area contributed by atoms with Crippen LogP contribution in [0.3, 0.4) is 0 Å². The summed E-state index contributed by atoms with van der Waals surface area (Å²) in [5, 5.41) is 0. The molecule has 0 fully saturated rings. The molecule has 0 aliphatic heterocycles. The second-order valence-corrected chi connectivity index (χ2v) is 9.00. The van der Waals surface area contributed by atoms with E-state index < -0.39 is 32.1 Å². The molecule has 0 radical (unpaired) electrons. The van der Waals surface area contributed by atoms with E-state index in [-0.39, 0.29) is 16.0 Å². The van der Waals surface area contributed by atoms with Gasteiger partial charge in [0, 0.05) is 5.56 Å². The number of aryl methyl sites for hydroxylation is 1. The number of hydrogen-bond donors (Lipinski definition) is 0. The Hall–Kier alpha value is -3.09. The summed E-state index contributed by atoms with van der Waals surface area (Å²) in [4.78, 5) is 27.1. The number of carbonyl (C=O) groups is 2. The number of Topliss-reactive ketones (excluding diaryl/α,β-unsaturated/α-hetero) is 1. The number of sulfone groups is 1. The second kappa shape index (κ2) is 7.88. The number of esters is 1. The first-order valence-corrected chi connectivity index (χ1v) is 9.85. The van der Waals surface area contributed by atoms with Crippen molar-refractivity contribution in [2.24, 2.45) is 0 Å². The van der Waals surface area contributed by atoms with Crippen LogP contribution in [0, 0.1) is 6.92 Å². The lowest BCUT2D eigenvalue weighted by molar-refractivity contribution is 0.00212. The highest BCUT2D eigenvalue weighted by molar-refractivity contribution is 7.91. The summed E-state index contributed by atoms with van der Waals surface area (Å²) in [7, 11) is -4.25. The monoisotopic (exact) mass is 400 g/mol. The topological polar surface area (TPSA) is 114 Å². The zero-order chi connectivity index (χ0) is 21.1. The van der Waals surface area contributed by atoms with Crippen molar-refractivity contribution in [2.75, 3.05) is 0 Å². The molecule has 0 saturated carbocycles. The van der Waals surface area contributed by atoms with Crippen molar-refractivity contribution in [2.45, 2.75) is 43.1 Å². The van der Waals surface area contributed by atoms with Crippen molar-refractivity contribution < 1.29 is 27.5 Å². The predicted molar refractivity (Wildman–Crippen MR) is 102 cm³/mol. The van der Waals surface area contributed by atoms with Crippen LogP contribution in [0.2, 0.25) is 0 Å². The number of nitrogens with zero attached hydrogens (tertiary/aromatic N) is 2. The fourth-order valence-electron chi connectivity index (χ4n) is 2.47. The molecule has 0 N–H and O–H groups in total. The van der Waals surface area contributed by atoms with Crippen LogP contribution in [0.15, 0.2) is 52.3 Å². The summed E-state index contributed by atoms with van der Waals surface area (Å²) in [6.45, 7) is 6.74. The number of ether oxygens (including phenoxy) is 1. The van der Waals surface area contributed by atoms with Crippen LogP contribution in [0.1, 0.15) is 47.1 Å². The summed E-state index contributed by atoms with van der Waals surface area (Å²) < 4.78 is 31.9. The predicted octanol–water partition coefficient (Wildman–Crippen LogP) is 3.27. The fourth-order valence-corrected chi connectivity index (χ4v) is 4.10. The molecule has 2 aromatic carbocycles. The van der Waals surface area contributed by atoms with Gasteiger partial charge in [-0.1, -0.05) is 23.8 Å². The SMILES string of the molecule is Cc1ccc(S(=O)(=O)c2c(C(=O)C=[N+]=[N-])cccc2C(=O)OC(C)(C)C)cc1. The molecule has 0 aliphatic carbocycles. The highest BCUT2D eigenvalue weighted by atomic mass is 32.2. The van der Waals surface area contributed by atoms with Gasteiger partial charge in [0.15, 0.2) is 0 Å². The van der Waals surface area contributed by atoms with E-state index >= 15 is 0 Å². The summed E-state index contributed by atoms with van der Waals surface area (Å²) in [6.07, 6.45) is 0.572. The lowest BCUT2D eigenvalue weighted by Crippen LogP contribution is -2.26. The first kappa shape index (κ1) is 21.2. The first-order valence-electron chi connectivity index (χ1n) is 8.37. The third-order valence-electron chi connectivity index (χ3n) is 3.67. The van der Waals surface area contributed by atoms with Gasteiger partial charge in [-0.25, -0.2) is 13.2 Å². The minimum absolute atomic E-state index is 0.0795. The standard InChI is InChI=1S/C20H20N2O5S/c1-13-8-10-14(11-9-13)28(25,26)18-15(17(23)12-22-21)6-5-7-16(18)19(24)27-20(2,3)4/h5-12H,1-4H3. The maximum Gasteiger partial charge on any atom is 0.340 e. The molecule has 2 rings (SSSR count). The summed E-state index contributed by atoms with van der Waals surface area (Å²) in [5.41, 5.74) is 8.10. The molecule has 0 aromatic heterocycles. The summed E-state index contributed by atoms with van der Waals surface area (Å²) >= 11 is 0. The molecule has 146 valence electrons. The van der Waals surface area contributed by atoms with Gasteiger partial charge in [0.2, 0.25) is 9.84 Å². The molecule has 0 amide bonds. The van der Waals surface area contributed by atoms with E-state index in [9.17, 15) is 18.0 Å². The average Bonchev–Trinajstić information content (AvgIpc) is 2.60. The van der Waals surface area contributed by atoms with Crippen LogP contribution in [-0.4, -0.2) is 36.8 Å². The van der Waals surface area contributed by atoms with Crippen LogP contribution >= 0.6 is 0 Å². The Labute approximate surface area is 163 Å². The fraction of sp³-hybridized carbons (Fsp3) is 0.250. The zero-order valence-electron chi connectivity index (χ0n) is 16.0. The number of rotatable bonds is 5. The molecule has 0 aliphatic rings. The smallest absolute Gasteiger partial charge is 0.340 e. The Kier molecular flexibility index (Phi) is 5.97. The maximum absolute atomic E-state index is 13.3. The molecule has 0 atom stereocenters. The molecule has 8 heteroatoms. The van der Waals surface area contributed by atoms with E-state index in [2.05, 4.69) is 4.79 Å². The molecule has 0 bridgehead atoms. The minimum Gasteiger partial charge on any atom is -0.456 e. The van der Waals surface area contributed by atoms with Gasteiger partial charge in [0.25, 0.3) is 5.78 Å². The molecule has 0 spiro atoms. The minimum atomic E-state index is -4.25.